The topological polar surface area (TPSA) is 61.7 Å². The Morgan fingerprint density at radius 1 is 0.903 bits per heavy atom. The third kappa shape index (κ3) is 4.98. The molecular weight excluding hydrogens is 390 g/mol. The van der Waals surface area contributed by atoms with Gasteiger partial charge in [-0.25, -0.2) is 4.68 Å². The Morgan fingerprint density at radius 2 is 1.61 bits per heavy atom. The first kappa shape index (κ1) is 21.6. The van der Waals surface area contributed by atoms with Crippen LogP contribution in [0.3, 0.4) is 0 Å². The summed E-state index contributed by atoms with van der Waals surface area (Å²) in [5.41, 5.74) is 3.63. The summed E-state index contributed by atoms with van der Waals surface area (Å²) in [4.78, 5) is 31.9. The van der Waals surface area contributed by atoms with Crippen molar-refractivity contribution in [3.8, 4) is 5.69 Å². The van der Waals surface area contributed by atoms with Crippen LogP contribution in [0.1, 0.15) is 47.3 Å². The highest BCUT2D eigenvalue weighted by atomic mass is 16.2. The lowest BCUT2D eigenvalue weighted by Crippen LogP contribution is -2.51. The van der Waals surface area contributed by atoms with E-state index in [-0.39, 0.29) is 11.8 Å². The van der Waals surface area contributed by atoms with Gasteiger partial charge in [-0.15, -0.1) is 0 Å². The third-order valence-corrected chi connectivity index (χ3v) is 6.46. The van der Waals surface area contributed by atoms with Gasteiger partial charge < -0.3 is 9.80 Å². The van der Waals surface area contributed by atoms with Crippen molar-refractivity contribution < 1.29 is 9.59 Å². The molecule has 0 bridgehead atoms. The smallest absolute Gasteiger partial charge is 0.257 e. The van der Waals surface area contributed by atoms with Gasteiger partial charge >= 0.3 is 0 Å². The molecule has 0 unspecified atom stereocenters. The first-order valence-corrected chi connectivity index (χ1v) is 11.4. The molecule has 2 saturated heterocycles. The summed E-state index contributed by atoms with van der Waals surface area (Å²) in [7, 11) is 0. The van der Waals surface area contributed by atoms with Crippen molar-refractivity contribution in [1.29, 1.82) is 0 Å². The number of rotatable bonds is 4. The van der Waals surface area contributed by atoms with E-state index < -0.39 is 0 Å². The van der Waals surface area contributed by atoms with Gasteiger partial charge in [-0.3, -0.25) is 14.5 Å². The lowest BCUT2D eigenvalue weighted by Gasteiger charge is -2.35. The van der Waals surface area contributed by atoms with Crippen molar-refractivity contribution in [2.24, 2.45) is 0 Å². The molecule has 2 amide bonds. The standard InChI is InChI=1S/C24H33N5O2/c1-19-8-7-9-21(16-19)29-20(2)22(17-25-29)24(31)28-14-12-26(13-15-28)18-23(30)27-10-5-3-4-6-11-27/h7-9,16-17H,3-6,10-15,18H2,1-2H3. The maximum atomic E-state index is 13.1. The van der Waals surface area contributed by atoms with Gasteiger partial charge in [0.05, 0.1) is 29.7 Å². The monoisotopic (exact) mass is 423 g/mol. The number of aromatic nitrogens is 2. The van der Waals surface area contributed by atoms with E-state index in [1.165, 1.54) is 12.8 Å². The Balaban J connectivity index is 1.34. The summed E-state index contributed by atoms with van der Waals surface area (Å²) in [6.07, 6.45) is 6.36. The van der Waals surface area contributed by atoms with Gasteiger partial charge in [0.1, 0.15) is 0 Å². The molecule has 0 aliphatic carbocycles. The van der Waals surface area contributed by atoms with Crippen molar-refractivity contribution in [3.63, 3.8) is 0 Å². The van der Waals surface area contributed by atoms with Crippen LogP contribution in [-0.2, 0) is 4.79 Å². The van der Waals surface area contributed by atoms with Crippen molar-refractivity contribution in [2.75, 3.05) is 45.8 Å². The second-order valence-electron chi connectivity index (χ2n) is 8.76. The summed E-state index contributed by atoms with van der Waals surface area (Å²) in [6, 6.07) is 8.11. The fourth-order valence-corrected chi connectivity index (χ4v) is 4.53. The second kappa shape index (κ2) is 9.64. The van der Waals surface area contributed by atoms with E-state index in [1.54, 1.807) is 6.20 Å². The zero-order valence-corrected chi connectivity index (χ0v) is 18.7. The van der Waals surface area contributed by atoms with Crippen molar-refractivity contribution in [2.45, 2.75) is 39.5 Å². The molecule has 0 saturated carbocycles. The number of nitrogens with zero attached hydrogens (tertiary/aromatic N) is 5. The number of piperazine rings is 1. The molecule has 7 heteroatoms. The largest absolute Gasteiger partial charge is 0.342 e. The minimum absolute atomic E-state index is 0.0231. The number of likely N-dealkylation sites (tertiary alicyclic amines) is 1. The van der Waals surface area contributed by atoms with Gasteiger partial charge in [-0.1, -0.05) is 25.0 Å². The molecule has 7 nitrogen and oxygen atoms in total. The van der Waals surface area contributed by atoms with Crippen LogP contribution in [-0.4, -0.2) is 82.1 Å². The van der Waals surface area contributed by atoms with Gasteiger partial charge in [0.15, 0.2) is 0 Å². The Bertz CT molecular complexity index is 922. The van der Waals surface area contributed by atoms with E-state index in [1.807, 2.05) is 46.5 Å². The highest BCUT2D eigenvalue weighted by Crippen LogP contribution is 2.18. The van der Waals surface area contributed by atoms with Gasteiger partial charge in [0.2, 0.25) is 5.91 Å². The number of benzene rings is 1. The highest BCUT2D eigenvalue weighted by Gasteiger charge is 2.27. The summed E-state index contributed by atoms with van der Waals surface area (Å²) < 4.78 is 1.83. The Morgan fingerprint density at radius 3 is 2.29 bits per heavy atom. The molecule has 0 spiro atoms. The fourth-order valence-electron chi connectivity index (χ4n) is 4.53. The summed E-state index contributed by atoms with van der Waals surface area (Å²) in [5.74, 6) is 0.256. The van der Waals surface area contributed by atoms with E-state index in [2.05, 4.69) is 16.1 Å². The molecule has 4 rings (SSSR count). The molecule has 3 heterocycles. The van der Waals surface area contributed by atoms with Crippen molar-refractivity contribution >= 4 is 11.8 Å². The third-order valence-electron chi connectivity index (χ3n) is 6.46. The molecule has 1 aromatic carbocycles. The Kier molecular flexibility index (Phi) is 6.70. The number of aryl methyl sites for hydroxylation is 1. The van der Waals surface area contributed by atoms with Crippen LogP contribution in [0, 0.1) is 13.8 Å². The number of carbonyl (C=O) groups excluding carboxylic acids is 2. The van der Waals surface area contributed by atoms with Crippen LogP contribution in [0.25, 0.3) is 5.69 Å². The van der Waals surface area contributed by atoms with Gasteiger partial charge in [-0.05, 0) is 44.4 Å². The number of hydrogen-bond donors (Lipinski definition) is 0. The molecule has 2 aliphatic heterocycles. The summed E-state index contributed by atoms with van der Waals surface area (Å²) in [6.45, 7) is 8.98. The van der Waals surface area contributed by atoms with Crippen LogP contribution in [0.5, 0.6) is 0 Å². The van der Waals surface area contributed by atoms with E-state index in [9.17, 15) is 9.59 Å². The van der Waals surface area contributed by atoms with Crippen molar-refractivity contribution in [3.05, 3.63) is 47.3 Å². The molecule has 1 aromatic heterocycles. The molecule has 0 radical (unpaired) electrons. The van der Waals surface area contributed by atoms with Gasteiger partial charge in [0, 0.05) is 39.3 Å². The van der Waals surface area contributed by atoms with Gasteiger partial charge in [0.25, 0.3) is 5.91 Å². The first-order valence-electron chi connectivity index (χ1n) is 11.4. The highest BCUT2D eigenvalue weighted by molar-refractivity contribution is 5.95. The molecule has 31 heavy (non-hydrogen) atoms. The summed E-state index contributed by atoms with van der Waals surface area (Å²) >= 11 is 0. The van der Waals surface area contributed by atoms with Crippen LogP contribution in [0.15, 0.2) is 30.5 Å². The molecule has 166 valence electrons. The predicted octanol–water partition coefficient (Wildman–Crippen LogP) is 2.65. The van der Waals surface area contributed by atoms with E-state index in [0.29, 0.717) is 25.2 Å². The first-order chi connectivity index (χ1) is 15.0. The predicted molar refractivity (Wildman–Crippen MR) is 120 cm³/mol. The lowest BCUT2D eigenvalue weighted by atomic mass is 10.2. The number of carbonyl (C=O) groups is 2. The van der Waals surface area contributed by atoms with Crippen molar-refractivity contribution in [1.82, 2.24) is 24.5 Å². The van der Waals surface area contributed by atoms with Crippen LogP contribution in [0.2, 0.25) is 0 Å². The lowest BCUT2D eigenvalue weighted by molar-refractivity contribution is -0.132. The van der Waals surface area contributed by atoms with Crippen LogP contribution >= 0.6 is 0 Å². The van der Waals surface area contributed by atoms with E-state index in [0.717, 1.165) is 56.0 Å². The van der Waals surface area contributed by atoms with E-state index >= 15 is 0 Å². The van der Waals surface area contributed by atoms with Crippen LogP contribution < -0.4 is 0 Å². The molecular formula is C24H33N5O2. The number of hydrogen-bond acceptors (Lipinski definition) is 4. The second-order valence-corrected chi connectivity index (χ2v) is 8.76. The fraction of sp³-hybridized carbons (Fsp3) is 0.542. The zero-order valence-electron chi connectivity index (χ0n) is 18.7. The molecule has 0 atom stereocenters. The minimum Gasteiger partial charge on any atom is -0.342 e. The number of amides is 2. The van der Waals surface area contributed by atoms with Gasteiger partial charge in [-0.2, -0.15) is 5.10 Å². The molecule has 2 fully saturated rings. The Hall–Kier alpha value is -2.67. The van der Waals surface area contributed by atoms with Crippen LogP contribution in [0.4, 0.5) is 0 Å². The Labute approximate surface area is 184 Å². The molecule has 2 aromatic rings. The maximum Gasteiger partial charge on any atom is 0.257 e. The molecule has 0 N–H and O–H groups in total. The zero-order chi connectivity index (χ0) is 21.8. The average Bonchev–Trinajstić information content (AvgIpc) is 2.97. The normalized spacial score (nSPS) is 18.1. The molecule has 2 aliphatic rings. The minimum atomic E-state index is 0.0231. The SMILES string of the molecule is Cc1cccc(-n2ncc(C(=O)N3CCN(CC(=O)N4CCCCCC4)CC3)c2C)c1. The average molecular weight is 424 g/mol. The maximum absolute atomic E-state index is 13.1. The quantitative estimate of drug-likeness (QED) is 0.759. The van der Waals surface area contributed by atoms with E-state index in [4.69, 9.17) is 0 Å². The summed E-state index contributed by atoms with van der Waals surface area (Å²) in [5, 5.41) is 4.47.